The number of hydrogen-bond acceptors (Lipinski definition) is 11. The van der Waals surface area contributed by atoms with Crippen LogP contribution < -0.4 is 28.4 Å². The Hall–Kier alpha value is -4.84. The number of carbonyl (C=O) groups excluding carboxylic acids is 1. The highest BCUT2D eigenvalue weighted by atomic mass is 32.1. The average molecular weight is 637 g/mol. The molecule has 12 heteroatoms. The first-order valence-electron chi connectivity index (χ1n) is 14.1. The van der Waals surface area contributed by atoms with Crippen LogP contribution in [0.2, 0.25) is 0 Å². The van der Waals surface area contributed by atoms with Gasteiger partial charge in [0.05, 0.1) is 57.9 Å². The quantitative estimate of drug-likeness (QED) is 0.124. The van der Waals surface area contributed by atoms with Gasteiger partial charge in [-0.2, -0.15) is 8.75 Å². The number of fused-ring (bicyclic) bond motifs is 1. The summed E-state index contributed by atoms with van der Waals surface area (Å²) < 4.78 is 42.7. The minimum absolute atomic E-state index is 0.00519. The fourth-order valence-electron chi connectivity index (χ4n) is 4.82. The van der Waals surface area contributed by atoms with Crippen LogP contribution in [0.5, 0.6) is 34.5 Å². The molecular weight excluding hydrogens is 600 g/mol. The number of hydrogen-bond donors (Lipinski definition) is 1. The lowest BCUT2D eigenvalue weighted by Gasteiger charge is -2.21. The van der Waals surface area contributed by atoms with E-state index in [1.807, 2.05) is 27.7 Å². The first kappa shape index (κ1) is 33.1. The van der Waals surface area contributed by atoms with Crippen molar-refractivity contribution in [2.75, 3.05) is 28.4 Å². The van der Waals surface area contributed by atoms with Crippen molar-refractivity contribution < 1.29 is 43.1 Å². The first-order chi connectivity index (χ1) is 21.5. The van der Waals surface area contributed by atoms with Crippen LogP contribution in [-0.4, -0.2) is 66.3 Å². The minimum Gasteiger partial charge on any atom is -0.493 e. The summed E-state index contributed by atoms with van der Waals surface area (Å²) in [6.07, 6.45) is -0.481. The molecule has 3 aromatic carbocycles. The van der Waals surface area contributed by atoms with Gasteiger partial charge >= 0.3 is 5.97 Å². The van der Waals surface area contributed by atoms with Crippen LogP contribution in [0.25, 0.3) is 16.6 Å². The smallest absolute Gasteiger partial charge is 0.336 e. The van der Waals surface area contributed by atoms with Crippen molar-refractivity contribution in [1.82, 2.24) is 8.75 Å². The highest BCUT2D eigenvalue weighted by Gasteiger charge is 2.28. The average Bonchev–Trinajstić information content (AvgIpc) is 3.48. The molecule has 0 atom stereocenters. The molecule has 0 aliphatic heterocycles. The second-order valence-corrected chi connectivity index (χ2v) is 11.0. The molecule has 0 aliphatic rings. The maximum absolute atomic E-state index is 14.5. The standard InChI is InChI=1S/C33H36N2O9S/c1-17(2)43-28-13-19(12-25(39-5)32(28)44-18(3)4)11-22(29(33(37)38)20-9-10-23-24(14-20)35-45-34-23)30(36)21-15-26(40-6)31(42-8)27(16-21)41-7/h9-10,12-18H,11H2,1-8H3,(H,37,38)/b29-22+. The summed E-state index contributed by atoms with van der Waals surface area (Å²) in [5.74, 6) is 0.124. The van der Waals surface area contributed by atoms with Gasteiger partial charge in [0.2, 0.25) is 11.5 Å². The minimum atomic E-state index is -1.29. The number of ketones is 1. The molecule has 1 heterocycles. The molecule has 0 saturated heterocycles. The molecule has 4 aromatic rings. The third-order valence-electron chi connectivity index (χ3n) is 6.66. The molecule has 0 radical (unpaired) electrons. The predicted octanol–water partition coefficient (Wildman–Crippen LogP) is 6.26. The van der Waals surface area contributed by atoms with Gasteiger partial charge in [-0.15, -0.1) is 0 Å². The van der Waals surface area contributed by atoms with Gasteiger partial charge in [-0.1, -0.05) is 6.07 Å². The number of carboxylic acid groups (broad SMARTS) is 1. The topological polar surface area (TPSA) is 136 Å². The summed E-state index contributed by atoms with van der Waals surface area (Å²) in [6, 6.07) is 11.3. The lowest BCUT2D eigenvalue weighted by molar-refractivity contribution is -0.130. The molecule has 11 nitrogen and oxygen atoms in total. The zero-order valence-corrected chi connectivity index (χ0v) is 27.2. The zero-order valence-electron chi connectivity index (χ0n) is 26.4. The Bertz CT molecular complexity index is 1720. The molecule has 0 unspecified atom stereocenters. The van der Waals surface area contributed by atoms with Gasteiger partial charge in [0.1, 0.15) is 11.0 Å². The van der Waals surface area contributed by atoms with Gasteiger partial charge in [-0.05, 0) is 75.2 Å². The van der Waals surface area contributed by atoms with Gasteiger partial charge in [0, 0.05) is 17.6 Å². The number of aromatic nitrogens is 2. The molecular formula is C33H36N2O9S. The highest BCUT2D eigenvalue weighted by molar-refractivity contribution is 7.00. The second-order valence-electron chi connectivity index (χ2n) is 10.5. The number of carboxylic acids is 1. The normalized spacial score (nSPS) is 11.8. The number of carbonyl (C=O) groups is 2. The van der Waals surface area contributed by atoms with Gasteiger partial charge < -0.3 is 33.5 Å². The fourth-order valence-corrected chi connectivity index (χ4v) is 5.33. The lowest BCUT2D eigenvalue weighted by Crippen LogP contribution is -2.15. The van der Waals surface area contributed by atoms with E-state index in [0.29, 0.717) is 45.2 Å². The number of allylic oxidation sites excluding steroid dienone is 1. The van der Waals surface area contributed by atoms with Crippen molar-refractivity contribution in [2.45, 2.75) is 46.3 Å². The van der Waals surface area contributed by atoms with Crippen LogP contribution in [0, 0.1) is 0 Å². The van der Waals surface area contributed by atoms with Crippen LogP contribution in [0.3, 0.4) is 0 Å². The molecule has 1 aromatic heterocycles. The Kier molecular flexibility index (Phi) is 10.5. The Morgan fingerprint density at radius 3 is 1.84 bits per heavy atom. The molecule has 0 spiro atoms. The predicted molar refractivity (Wildman–Crippen MR) is 171 cm³/mol. The number of rotatable bonds is 14. The highest BCUT2D eigenvalue weighted by Crippen LogP contribution is 2.42. The summed E-state index contributed by atoms with van der Waals surface area (Å²) in [6.45, 7) is 7.53. The molecule has 1 N–H and O–H groups in total. The van der Waals surface area contributed by atoms with Crippen LogP contribution in [-0.2, 0) is 11.2 Å². The van der Waals surface area contributed by atoms with Crippen molar-refractivity contribution in [3.8, 4) is 34.5 Å². The Labute approximate surface area is 265 Å². The van der Waals surface area contributed by atoms with Gasteiger partial charge in [-0.3, -0.25) is 4.79 Å². The maximum Gasteiger partial charge on any atom is 0.336 e. The third kappa shape index (κ3) is 7.28. The third-order valence-corrected chi connectivity index (χ3v) is 7.21. The fraction of sp³-hybridized carbons (Fsp3) is 0.333. The summed E-state index contributed by atoms with van der Waals surface area (Å²) in [5, 5.41) is 10.6. The number of benzene rings is 3. The van der Waals surface area contributed by atoms with E-state index in [2.05, 4.69) is 8.75 Å². The number of nitrogens with zero attached hydrogens (tertiary/aromatic N) is 2. The van der Waals surface area contributed by atoms with E-state index in [-0.39, 0.29) is 46.8 Å². The Balaban J connectivity index is 1.99. The van der Waals surface area contributed by atoms with Crippen LogP contribution >= 0.6 is 11.7 Å². The van der Waals surface area contributed by atoms with Crippen LogP contribution in [0.4, 0.5) is 0 Å². The summed E-state index contributed by atoms with van der Waals surface area (Å²) >= 11 is 1.01. The SMILES string of the molecule is COc1cc(C(=O)/C(Cc2cc(OC)c(OC(C)C)c(OC(C)C)c2)=C(/C(=O)O)c2ccc3nsnc3c2)cc(OC)c1OC. The molecule has 0 aliphatic carbocycles. The Morgan fingerprint density at radius 1 is 0.711 bits per heavy atom. The van der Waals surface area contributed by atoms with E-state index in [1.54, 1.807) is 30.3 Å². The largest absolute Gasteiger partial charge is 0.493 e. The van der Waals surface area contributed by atoms with E-state index in [4.69, 9.17) is 28.4 Å². The summed E-state index contributed by atoms with van der Waals surface area (Å²) in [5.41, 5.74) is 1.92. The van der Waals surface area contributed by atoms with E-state index < -0.39 is 11.8 Å². The second kappa shape index (κ2) is 14.3. The van der Waals surface area contributed by atoms with Crippen molar-refractivity contribution >= 4 is 40.1 Å². The molecule has 238 valence electrons. The first-order valence-corrected chi connectivity index (χ1v) is 14.8. The molecule has 0 bridgehead atoms. The molecule has 0 fully saturated rings. The number of ether oxygens (including phenoxy) is 6. The van der Waals surface area contributed by atoms with E-state index in [0.717, 1.165) is 11.7 Å². The molecule has 4 rings (SSSR count). The van der Waals surface area contributed by atoms with Gasteiger partial charge in [-0.25, -0.2) is 4.79 Å². The Morgan fingerprint density at radius 2 is 1.29 bits per heavy atom. The molecule has 45 heavy (non-hydrogen) atoms. The van der Waals surface area contributed by atoms with E-state index >= 15 is 0 Å². The van der Waals surface area contributed by atoms with Crippen LogP contribution in [0.1, 0.15) is 49.2 Å². The summed E-state index contributed by atoms with van der Waals surface area (Å²) in [7, 11) is 5.83. The van der Waals surface area contributed by atoms with Crippen molar-refractivity contribution in [3.63, 3.8) is 0 Å². The number of Topliss-reactive ketones (excluding diaryl/α,β-unsaturated/α-hetero) is 1. The number of aliphatic carboxylic acids is 1. The monoisotopic (exact) mass is 636 g/mol. The van der Waals surface area contributed by atoms with Crippen LogP contribution in [0.15, 0.2) is 48.0 Å². The van der Waals surface area contributed by atoms with E-state index in [1.165, 1.54) is 40.6 Å². The maximum atomic E-state index is 14.5. The van der Waals surface area contributed by atoms with Gasteiger partial charge in [0.15, 0.2) is 28.8 Å². The number of methoxy groups -OCH3 is 4. The molecule has 0 saturated carbocycles. The van der Waals surface area contributed by atoms with E-state index in [9.17, 15) is 14.7 Å². The summed E-state index contributed by atoms with van der Waals surface area (Å²) in [4.78, 5) is 27.5. The zero-order chi connectivity index (χ0) is 32.8. The van der Waals surface area contributed by atoms with Crippen molar-refractivity contribution in [2.24, 2.45) is 0 Å². The molecule has 0 amide bonds. The van der Waals surface area contributed by atoms with Crippen molar-refractivity contribution in [3.05, 3.63) is 64.7 Å². The van der Waals surface area contributed by atoms with Gasteiger partial charge in [0.25, 0.3) is 0 Å². The van der Waals surface area contributed by atoms with Crippen molar-refractivity contribution in [1.29, 1.82) is 0 Å². The lowest BCUT2D eigenvalue weighted by atomic mass is 9.89.